The van der Waals surface area contributed by atoms with Crippen molar-refractivity contribution in [1.82, 2.24) is 20.3 Å². The lowest BCUT2D eigenvalue weighted by Crippen LogP contribution is -2.41. The number of hydrogen-bond acceptors (Lipinski definition) is 4. The highest BCUT2D eigenvalue weighted by atomic mass is 127. The molecule has 2 unspecified atom stereocenters. The van der Waals surface area contributed by atoms with Gasteiger partial charge in [0, 0.05) is 37.2 Å². The first kappa shape index (κ1) is 27.4. The van der Waals surface area contributed by atoms with Gasteiger partial charge in [0.25, 0.3) is 0 Å². The maximum atomic E-state index is 11.1. The third-order valence-corrected chi connectivity index (χ3v) is 6.00. The van der Waals surface area contributed by atoms with Crippen LogP contribution >= 0.6 is 35.6 Å². The Balaban J connectivity index is 0.00000450. The average Bonchev–Trinajstić information content (AvgIpc) is 2.64. The molecule has 2 atom stereocenters. The third kappa shape index (κ3) is 9.67. The number of nitrogens with zero attached hydrogens (tertiary/aromatic N) is 2. The smallest absolute Gasteiger partial charge is 0.208 e. The van der Waals surface area contributed by atoms with Gasteiger partial charge in [-0.25, -0.2) is 13.1 Å². The normalized spacial score (nSPS) is 20.5. The van der Waals surface area contributed by atoms with Crippen LogP contribution in [-0.2, 0) is 10.0 Å². The van der Waals surface area contributed by atoms with Gasteiger partial charge in [0.1, 0.15) is 0 Å². The van der Waals surface area contributed by atoms with Crippen molar-refractivity contribution in [3.8, 4) is 0 Å². The van der Waals surface area contributed by atoms with Crippen LogP contribution in [0.15, 0.2) is 29.3 Å². The van der Waals surface area contributed by atoms with Gasteiger partial charge in [-0.1, -0.05) is 23.7 Å². The van der Waals surface area contributed by atoms with E-state index in [2.05, 4.69) is 39.4 Å². The van der Waals surface area contributed by atoms with E-state index in [0.29, 0.717) is 31.5 Å². The van der Waals surface area contributed by atoms with Crippen molar-refractivity contribution in [2.24, 2.45) is 10.9 Å². The highest BCUT2D eigenvalue weighted by molar-refractivity contribution is 14.0. The number of rotatable bonds is 9. The van der Waals surface area contributed by atoms with Gasteiger partial charge in [0.15, 0.2) is 5.96 Å². The molecule has 1 saturated heterocycles. The highest BCUT2D eigenvalue weighted by Crippen LogP contribution is 2.36. The number of guanidine groups is 1. The van der Waals surface area contributed by atoms with Gasteiger partial charge in [-0.2, -0.15) is 0 Å². The molecule has 7 nitrogen and oxygen atoms in total. The van der Waals surface area contributed by atoms with Gasteiger partial charge in [-0.05, 0) is 63.4 Å². The van der Waals surface area contributed by atoms with E-state index < -0.39 is 10.0 Å². The molecule has 0 aliphatic carbocycles. The van der Waals surface area contributed by atoms with Gasteiger partial charge in [-0.15, -0.1) is 24.0 Å². The van der Waals surface area contributed by atoms with Gasteiger partial charge in [-0.3, -0.25) is 9.89 Å². The summed E-state index contributed by atoms with van der Waals surface area (Å²) in [4.78, 5) is 7.21. The Morgan fingerprint density at radius 2 is 2.07 bits per heavy atom. The Bertz CT molecular complexity index is 778. The molecule has 1 aliphatic heterocycles. The molecule has 0 aromatic heterocycles. The van der Waals surface area contributed by atoms with E-state index in [9.17, 15) is 8.42 Å². The minimum atomic E-state index is -3.14. The van der Waals surface area contributed by atoms with E-state index in [1.807, 2.05) is 19.1 Å². The van der Waals surface area contributed by atoms with E-state index in [-0.39, 0.29) is 24.0 Å². The molecule has 3 N–H and O–H groups in total. The predicted molar refractivity (Wildman–Crippen MR) is 136 cm³/mol. The molecule has 0 saturated carbocycles. The van der Waals surface area contributed by atoms with Crippen LogP contribution in [0.25, 0.3) is 0 Å². The molecule has 2 rings (SSSR count). The molecule has 1 aliphatic rings. The Morgan fingerprint density at radius 1 is 1.30 bits per heavy atom. The van der Waals surface area contributed by atoms with Crippen LogP contribution in [0.2, 0.25) is 5.02 Å². The average molecular weight is 572 g/mol. The molecule has 1 aromatic rings. The summed E-state index contributed by atoms with van der Waals surface area (Å²) < 4.78 is 24.7. The van der Waals surface area contributed by atoms with Crippen LogP contribution in [0.5, 0.6) is 0 Å². The number of hydrogen-bond donors (Lipinski definition) is 3. The third-order valence-electron chi connectivity index (χ3n) is 5.04. The van der Waals surface area contributed by atoms with Crippen LogP contribution in [0, 0.1) is 5.92 Å². The standard InChI is InChI=1S/C20H34ClN5O2S.HI/c1-4-22-20(23-11-7-12-25-29(3,27)28)24-15-17-9-6-13-26(2)19(17)16-8-5-10-18(21)14-16;/h5,8,10,14,17,19,25H,4,6-7,9,11-13,15H2,1-3H3,(H2,22,23,24);1H. The molecule has 0 amide bonds. The van der Waals surface area contributed by atoms with Gasteiger partial charge in [0.05, 0.1) is 6.26 Å². The molecule has 172 valence electrons. The predicted octanol–water partition coefficient (Wildman–Crippen LogP) is 2.84. The van der Waals surface area contributed by atoms with Crippen LogP contribution in [0.1, 0.15) is 37.8 Å². The summed E-state index contributed by atoms with van der Waals surface area (Å²) >= 11 is 6.23. The van der Waals surface area contributed by atoms with Crippen LogP contribution in [0.4, 0.5) is 0 Å². The van der Waals surface area contributed by atoms with Crippen molar-refractivity contribution in [3.63, 3.8) is 0 Å². The molecular formula is C20H35ClIN5O2S. The zero-order chi connectivity index (χ0) is 21.3. The first-order valence-electron chi connectivity index (χ1n) is 10.2. The zero-order valence-corrected chi connectivity index (χ0v) is 21.9. The summed E-state index contributed by atoms with van der Waals surface area (Å²) in [5.41, 5.74) is 1.24. The maximum Gasteiger partial charge on any atom is 0.208 e. The lowest BCUT2D eigenvalue weighted by atomic mass is 9.85. The van der Waals surface area contributed by atoms with E-state index in [1.165, 1.54) is 11.8 Å². The van der Waals surface area contributed by atoms with Crippen molar-refractivity contribution in [1.29, 1.82) is 0 Å². The molecular weight excluding hydrogens is 537 g/mol. The fourth-order valence-electron chi connectivity index (χ4n) is 3.77. The van der Waals surface area contributed by atoms with Crippen molar-refractivity contribution < 1.29 is 8.42 Å². The first-order chi connectivity index (χ1) is 13.8. The fourth-order valence-corrected chi connectivity index (χ4v) is 4.48. The molecule has 30 heavy (non-hydrogen) atoms. The summed E-state index contributed by atoms with van der Waals surface area (Å²) in [5.74, 6) is 1.18. The monoisotopic (exact) mass is 571 g/mol. The lowest BCUT2D eigenvalue weighted by Gasteiger charge is -2.39. The Hall–Kier alpha value is -0.620. The van der Waals surface area contributed by atoms with Crippen LogP contribution in [0.3, 0.4) is 0 Å². The Kier molecular flexibility index (Phi) is 12.5. The summed E-state index contributed by atoms with van der Waals surface area (Å²) in [5, 5.41) is 7.33. The maximum absolute atomic E-state index is 11.1. The number of sulfonamides is 1. The number of likely N-dealkylation sites (tertiary alicyclic amines) is 1. The fraction of sp³-hybridized carbons (Fsp3) is 0.650. The largest absolute Gasteiger partial charge is 0.357 e. The van der Waals surface area contributed by atoms with Gasteiger partial charge in [0.2, 0.25) is 10.0 Å². The Morgan fingerprint density at radius 3 is 2.73 bits per heavy atom. The number of halogens is 2. The number of aliphatic imine (C=N–C) groups is 1. The Labute approximate surface area is 203 Å². The minimum absolute atomic E-state index is 0. The van der Waals surface area contributed by atoms with Gasteiger partial charge >= 0.3 is 0 Å². The van der Waals surface area contributed by atoms with E-state index in [1.54, 1.807) is 0 Å². The number of piperidine rings is 1. The summed E-state index contributed by atoms with van der Waals surface area (Å²) in [6, 6.07) is 8.42. The molecule has 0 radical (unpaired) electrons. The molecule has 1 fully saturated rings. The van der Waals surface area contributed by atoms with Gasteiger partial charge < -0.3 is 10.6 Å². The lowest BCUT2D eigenvalue weighted by molar-refractivity contribution is 0.125. The second-order valence-electron chi connectivity index (χ2n) is 7.55. The molecule has 0 bridgehead atoms. The van der Waals surface area contributed by atoms with E-state index in [4.69, 9.17) is 16.6 Å². The topological polar surface area (TPSA) is 85.8 Å². The van der Waals surface area contributed by atoms with E-state index in [0.717, 1.165) is 43.5 Å². The minimum Gasteiger partial charge on any atom is -0.357 e. The first-order valence-corrected chi connectivity index (χ1v) is 12.5. The zero-order valence-electron chi connectivity index (χ0n) is 18.0. The summed E-state index contributed by atoms with van der Waals surface area (Å²) in [6.45, 7) is 5.66. The van der Waals surface area contributed by atoms with Crippen LogP contribution in [-0.4, -0.2) is 65.3 Å². The summed E-state index contributed by atoms with van der Waals surface area (Å²) in [7, 11) is -0.972. The second-order valence-corrected chi connectivity index (χ2v) is 9.82. The quantitative estimate of drug-likeness (QED) is 0.184. The number of nitrogens with one attached hydrogen (secondary N) is 3. The highest BCUT2D eigenvalue weighted by Gasteiger charge is 2.30. The van der Waals surface area contributed by atoms with Crippen molar-refractivity contribution in [3.05, 3.63) is 34.9 Å². The summed E-state index contributed by atoms with van der Waals surface area (Å²) in [6.07, 6.45) is 4.15. The second kappa shape index (κ2) is 13.7. The molecule has 1 heterocycles. The SMILES string of the molecule is CCNC(=NCC1CCCN(C)C1c1cccc(Cl)c1)NCCCNS(C)(=O)=O.I. The number of benzene rings is 1. The van der Waals surface area contributed by atoms with Crippen LogP contribution < -0.4 is 15.4 Å². The van der Waals surface area contributed by atoms with Crippen molar-refractivity contribution >= 4 is 51.6 Å². The molecule has 1 aromatic carbocycles. The van der Waals surface area contributed by atoms with Crippen molar-refractivity contribution in [2.45, 2.75) is 32.2 Å². The van der Waals surface area contributed by atoms with E-state index >= 15 is 0 Å². The van der Waals surface area contributed by atoms with Crippen molar-refractivity contribution in [2.75, 3.05) is 46.0 Å². The molecule has 0 spiro atoms. The molecule has 10 heteroatoms.